The summed E-state index contributed by atoms with van der Waals surface area (Å²) in [5, 5.41) is 11.1. The lowest BCUT2D eigenvalue weighted by molar-refractivity contribution is 0.558. The number of rotatable bonds is 8. The van der Waals surface area contributed by atoms with Crippen LogP contribution in [0, 0.1) is 0 Å². The highest BCUT2D eigenvalue weighted by Crippen LogP contribution is 2.12. The van der Waals surface area contributed by atoms with Crippen LogP contribution in [0.15, 0.2) is 34.1 Å². The number of sulfonamides is 1. The van der Waals surface area contributed by atoms with Gasteiger partial charge in [-0.3, -0.25) is 4.68 Å². The molecule has 2 rings (SSSR count). The average molecular weight is 328 g/mol. The zero-order chi connectivity index (χ0) is 15.3. The smallest absolute Gasteiger partial charge is 0.243 e. The third-order valence-corrected chi connectivity index (χ3v) is 5.27. The molecule has 0 saturated carbocycles. The van der Waals surface area contributed by atoms with E-state index in [-0.39, 0.29) is 10.9 Å². The second kappa shape index (κ2) is 7.17. The van der Waals surface area contributed by atoms with Gasteiger partial charge in [0.1, 0.15) is 4.90 Å². The first kappa shape index (κ1) is 16.2. The molecule has 0 saturated heterocycles. The van der Waals surface area contributed by atoms with Gasteiger partial charge < -0.3 is 5.32 Å². The minimum absolute atomic E-state index is 0.162. The minimum atomic E-state index is -3.52. The molecular weight excluding hydrogens is 308 g/mol. The van der Waals surface area contributed by atoms with E-state index in [4.69, 9.17) is 0 Å². The molecule has 1 atom stereocenters. The highest BCUT2D eigenvalue weighted by atomic mass is 32.2. The Hall–Kier alpha value is -1.22. The van der Waals surface area contributed by atoms with Gasteiger partial charge in [0.05, 0.1) is 12.7 Å². The molecule has 2 N–H and O–H groups in total. The summed E-state index contributed by atoms with van der Waals surface area (Å²) in [5.74, 6) is 0. The fourth-order valence-electron chi connectivity index (χ4n) is 1.97. The number of nitrogens with zero attached hydrogens (tertiary/aromatic N) is 2. The van der Waals surface area contributed by atoms with Gasteiger partial charge >= 0.3 is 0 Å². The Morgan fingerprint density at radius 1 is 1.48 bits per heavy atom. The predicted molar refractivity (Wildman–Crippen MR) is 84.0 cm³/mol. The molecule has 0 aromatic carbocycles. The van der Waals surface area contributed by atoms with Crippen LogP contribution in [0.4, 0.5) is 0 Å². The highest BCUT2D eigenvalue weighted by molar-refractivity contribution is 7.89. The van der Waals surface area contributed by atoms with Gasteiger partial charge in [-0.1, -0.05) is 0 Å². The van der Waals surface area contributed by atoms with Crippen molar-refractivity contribution in [1.29, 1.82) is 0 Å². The summed E-state index contributed by atoms with van der Waals surface area (Å²) in [6.45, 7) is 3.24. The Balaban J connectivity index is 1.98. The number of hydrogen-bond acceptors (Lipinski definition) is 5. The minimum Gasteiger partial charge on any atom is -0.318 e. The standard InChI is InChI=1S/C13H20N4O2S2/c1-11(7-12-3-6-20-10-12)16-21(18,19)13-8-15-17(9-13)5-4-14-2/h3,6,8-11,14,16H,4-5,7H2,1-2H3. The number of hydrogen-bond donors (Lipinski definition) is 2. The number of likely N-dealkylation sites (N-methyl/N-ethyl adjacent to an activating group) is 1. The van der Waals surface area contributed by atoms with Crippen molar-refractivity contribution < 1.29 is 8.42 Å². The third-order valence-electron chi connectivity index (χ3n) is 2.99. The molecule has 2 aromatic heterocycles. The van der Waals surface area contributed by atoms with Crippen LogP contribution < -0.4 is 10.0 Å². The zero-order valence-electron chi connectivity index (χ0n) is 12.1. The Morgan fingerprint density at radius 2 is 2.29 bits per heavy atom. The van der Waals surface area contributed by atoms with Crippen molar-refractivity contribution >= 4 is 21.4 Å². The van der Waals surface area contributed by atoms with E-state index in [0.717, 1.165) is 12.1 Å². The Morgan fingerprint density at radius 3 is 2.95 bits per heavy atom. The van der Waals surface area contributed by atoms with Crippen molar-refractivity contribution in [3.05, 3.63) is 34.8 Å². The number of nitrogens with one attached hydrogen (secondary N) is 2. The van der Waals surface area contributed by atoms with Gasteiger partial charge in [-0.25, -0.2) is 13.1 Å². The van der Waals surface area contributed by atoms with Crippen molar-refractivity contribution in [2.45, 2.75) is 30.8 Å². The summed E-state index contributed by atoms with van der Waals surface area (Å²) in [4.78, 5) is 0.204. The highest BCUT2D eigenvalue weighted by Gasteiger charge is 2.19. The maximum Gasteiger partial charge on any atom is 0.243 e. The molecule has 1 unspecified atom stereocenters. The van der Waals surface area contributed by atoms with E-state index >= 15 is 0 Å². The van der Waals surface area contributed by atoms with Crippen LogP contribution >= 0.6 is 11.3 Å². The predicted octanol–water partition coefficient (Wildman–Crippen LogP) is 1.07. The molecule has 0 amide bonds. The van der Waals surface area contributed by atoms with Crippen LogP contribution in [0.1, 0.15) is 12.5 Å². The number of thiophene rings is 1. The quantitative estimate of drug-likeness (QED) is 0.760. The summed E-state index contributed by atoms with van der Waals surface area (Å²) in [5.41, 5.74) is 1.14. The monoisotopic (exact) mass is 328 g/mol. The van der Waals surface area contributed by atoms with Crippen molar-refractivity contribution in [1.82, 2.24) is 19.8 Å². The second-order valence-corrected chi connectivity index (χ2v) is 7.39. The van der Waals surface area contributed by atoms with E-state index in [1.54, 1.807) is 22.2 Å². The third kappa shape index (κ3) is 4.63. The summed E-state index contributed by atoms with van der Waals surface area (Å²) in [7, 11) is -1.68. The molecule has 0 aliphatic rings. The molecule has 0 radical (unpaired) electrons. The molecule has 116 valence electrons. The summed E-state index contributed by atoms with van der Waals surface area (Å²) < 4.78 is 28.9. The maximum atomic E-state index is 12.3. The molecule has 2 aromatic rings. The van der Waals surface area contributed by atoms with E-state index in [0.29, 0.717) is 13.0 Å². The normalized spacial score (nSPS) is 13.4. The average Bonchev–Trinajstić information content (AvgIpc) is 3.06. The van der Waals surface area contributed by atoms with Crippen LogP contribution in [0.2, 0.25) is 0 Å². The molecule has 0 fully saturated rings. The van der Waals surface area contributed by atoms with Crippen LogP contribution in [0.3, 0.4) is 0 Å². The van der Waals surface area contributed by atoms with Crippen molar-refractivity contribution in [2.24, 2.45) is 0 Å². The fraction of sp³-hybridized carbons (Fsp3) is 0.462. The zero-order valence-corrected chi connectivity index (χ0v) is 13.7. The van der Waals surface area contributed by atoms with E-state index in [1.165, 1.54) is 6.20 Å². The van der Waals surface area contributed by atoms with E-state index in [9.17, 15) is 8.42 Å². The fourth-order valence-corrected chi connectivity index (χ4v) is 3.85. The lowest BCUT2D eigenvalue weighted by Crippen LogP contribution is -2.33. The summed E-state index contributed by atoms with van der Waals surface area (Å²) in [6.07, 6.45) is 3.61. The first-order valence-electron chi connectivity index (χ1n) is 6.72. The van der Waals surface area contributed by atoms with Gasteiger partial charge in [-0.2, -0.15) is 16.4 Å². The van der Waals surface area contributed by atoms with Gasteiger partial charge in [0, 0.05) is 18.8 Å². The molecule has 6 nitrogen and oxygen atoms in total. The maximum absolute atomic E-state index is 12.3. The molecule has 0 aliphatic heterocycles. The van der Waals surface area contributed by atoms with Crippen molar-refractivity contribution in [3.8, 4) is 0 Å². The topological polar surface area (TPSA) is 76.0 Å². The van der Waals surface area contributed by atoms with Crippen LogP contribution in [0.5, 0.6) is 0 Å². The van der Waals surface area contributed by atoms with E-state index in [1.807, 2.05) is 30.8 Å². The van der Waals surface area contributed by atoms with Gasteiger partial charge in [-0.15, -0.1) is 0 Å². The molecule has 0 aliphatic carbocycles. The lowest BCUT2D eigenvalue weighted by Gasteiger charge is -2.12. The first-order chi connectivity index (χ1) is 10.0. The molecule has 0 bridgehead atoms. The SMILES string of the molecule is CNCCn1cc(S(=O)(=O)NC(C)Cc2ccsc2)cn1. The van der Waals surface area contributed by atoms with Crippen LogP contribution in [-0.2, 0) is 23.0 Å². The van der Waals surface area contributed by atoms with Gasteiger partial charge in [-0.05, 0) is 42.8 Å². The Kier molecular flexibility index (Phi) is 5.51. The van der Waals surface area contributed by atoms with Gasteiger partial charge in [0.25, 0.3) is 0 Å². The summed E-state index contributed by atoms with van der Waals surface area (Å²) >= 11 is 1.61. The molecular formula is C13H20N4O2S2. The van der Waals surface area contributed by atoms with Crippen molar-refractivity contribution in [2.75, 3.05) is 13.6 Å². The largest absolute Gasteiger partial charge is 0.318 e. The molecule has 2 heterocycles. The second-order valence-electron chi connectivity index (χ2n) is 4.90. The van der Waals surface area contributed by atoms with Gasteiger partial charge in [0.15, 0.2) is 0 Å². The summed E-state index contributed by atoms with van der Waals surface area (Å²) in [6, 6.07) is 1.84. The molecule has 21 heavy (non-hydrogen) atoms. The molecule has 8 heteroatoms. The number of aromatic nitrogens is 2. The Labute approximate surface area is 129 Å². The van der Waals surface area contributed by atoms with E-state index in [2.05, 4.69) is 15.1 Å². The van der Waals surface area contributed by atoms with Gasteiger partial charge in [0.2, 0.25) is 10.0 Å². The van der Waals surface area contributed by atoms with E-state index < -0.39 is 10.0 Å². The van der Waals surface area contributed by atoms with Crippen LogP contribution in [0.25, 0.3) is 0 Å². The Bertz CT molecular complexity index is 650. The van der Waals surface area contributed by atoms with Crippen molar-refractivity contribution in [3.63, 3.8) is 0 Å². The van der Waals surface area contributed by atoms with Crippen LogP contribution in [-0.4, -0.2) is 37.8 Å². The first-order valence-corrected chi connectivity index (χ1v) is 9.14. The molecule has 0 spiro atoms. The lowest BCUT2D eigenvalue weighted by atomic mass is 10.1.